The van der Waals surface area contributed by atoms with Crippen LogP contribution in [-0.4, -0.2) is 41.1 Å². The number of carbonyl (C=O) groups is 3. The first-order valence-corrected chi connectivity index (χ1v) is 7.07. The van der Waals surface area contributed by atoms with E-state index in [9.17, 15) is 14.4 Å². The summed E-state index contributed by atoms with van der Waals surface area (Å²) in [5, 5.41) is 17.0. The fraction of sp³-hybridized carbons (Fsp3) is 0.769. The number of nitrogens with one attached hydrogen (secondary N) is 3. The maximum absolute atomic E-state index is 11.8. The lowest BCUT2D eigenvalue weighted by molar-refractivity contribution is -0.142. The zero-order valence-corrected chi connectivity index (χ0v) is 11.5. The lowest BCUT2D eigenvalue weighted by Gasteiger charge is -2.20. The molecule has 0 aromatic heterocycles. The van der Waals surface area contributed by atoms with E-state index in [0.717, 1.165) is 19.3 Å². The maximum Gasteiger partial charge on any atom is 0.315 e. The second kappa shape index (κ2) is 6.11. The van der Waals surface area contributed by atoms with Gasteiger partial charge in [0, 0.05) is 12.1 Å². The summed E-state index contributed by atoms with van der Waals surface area (Å²) in [6, 6.07) is -1.21. The van der Waals surface area contributed by atoms with Crippen molar-refractivity contribution >= 4 is 17.9 Å². The second-order valence-electron chi connectivity index (χ2n) is 5.60. The first-order valence-electron chi connectivity index (χ1n) is 7.07. The number of rotatable bonds is 5. The molecule has 3 unspecified atom stereocenters. The van der Waals surface area contributed by atoms with Crippen LogP contribution in [0.4, 0.5) is 4.79 Å². The molecule has 2 aliphatic rings. The number of carbonyl (C=O) groups excluding carboxylic acids is 2. The van der Waals surface area contributed by atoms with Crippen molar-refractivity contribution in [2.45, 2.75) is 57.2 Å². The number of amides is 3. The molecule has 0 spiro atoms. The topological polar surface area (TPSA) is 108 Å². The van der Waals surface area contributed by atoms with E-state index in [1.807, 2.05) is 0 Å². The molecule has 0 saturated heterocycles. The van der Waals surface area contributed by atoms with E-state index in [4.69, 9.17) is 5.11 Å². The van der Waals surface area contributed by atoms with Gasteiger partial charge in [-0.25, -0.2) is 4.79 Å². The number of carboxylic acids is 1. The monoisotopic (exact) mass is 283 g/mol. The van der Waals surface area contributed by atoms with Crippen LogP contribution in [0.25, 0.3) is 0 Å². The summed E-state index contributed by atoms with van der Waals surface area (Å²) in [6.45, 7) is 1.61. The van der Waals surface area contributed by atoms with Crippen LogP contribution < -0.4 is 16.0 Å². The van der Waals surface area contributed by atoms with Gasteiger partial charge in [-0.15, -0.1) is 0 Å². The molecule has 2 aliphatic carbocycles. The van der Waals surface area contributed by atoms with Crippen LogP contribution in [0.2, 0.25) is 0 Å². The first kappa shape index (κ1) is 14.6. The molecule has 112 valence electrons. The van der Waals surface area contributed by atoms with Crippen molar-refractivity contribution in [2.24, 2.45) is 5.92 Å². The summed E-state index contributed by atoms with van der Waals surface area (Å²) in [6.07, 6.45) is 4.02. The molecule has 0 radical (unpaired) electrons. The molecule has 0 aliphatic heterocycles. The van der Waals surface area contributed by atoms with Gasteiger partial charge in [-0.2, -0.15) is 0 Å². The Morgan fingerprint density at radius 2 is 1.80 bits per heavy atom. The van der Waals surface area contributed by atoms with E-state index in [2.05, 4.69) is 16.0 Å². The molecule has 0 heterocycles. The normalized spacial score (nSPS) is 26.6. The van der Waals surface area contributed by atoms with Gasteiger partial charge in [0.05, 0.1) is 5.92 Å². The highest BCUT2D eigenvalue weighted by molar-refractivity contribution is 5.87. The van der Waals surface area contributed by atoms with Crippen LogP contribution in [0.1, 0.15) is 39.0 Å². The quantitative estimate of drug-likeness (QED) is 0.578. The smallest absolute Gasteiger partial charge is 0.315 e. The lowest BCUT2D eigenvalue weighted by atomic mass is 10.0. The number of carboxylic acid groups (broad SMARTS) is 1. The molecule has 7 nitrogen and oxygen atoms in total. The summed E-state index contributed by atoms with van der Waals surface area (Å²) < 4.78 is 0. The number of aliphatic carboxylic acids is 1. The Labute approximate surface area is 117 Å². The Bertz CT molecular complexity index is 408. The van der Waals surface area contributed by atoms with Gasteiger partial charge in [-0.3, -0.25) is 9.59 Å². The van der Waals surface area contributed by atoms with Crippen molar-refractivity contribution in [1.82, 2.24) is 16.0 Å². The van der Waals surface area contributed by atoms with Gasteiger partial charge in [0.1, 0.15) is 6.04 Å². The SMILES string of the molecule is CC(NC(=O)NC1CCCC1C(=O)O)C(=O)NC1CC1. The van der Waals surface area contributed by atoms with Crippen LogP contribution in [0.5, 0.6) is 0 Å². The van der Waals surface area contributed by atoms with Gasteiger partial charge >= 0.3 is 12.0 Å². The summed E-state index contributed by atoms with van der Waals surface area (Å²) in [7, 11) is 0. The molecular formula is C13H21N3O4. The Hall–Kier alpha value is -1.79. The fourth-order valence-electron chi connectivity index (χ4n) is 2.45. The minimum atomic E-state index is -0.882. The minimum absolute atomic E-state index is 0.205. The molecule has 2 saturated carbocycles. The standard InChI is InChI=1S/C13H21N3O4/c1-7(11(17)15-8-5-6-8)14-13(20)16-10-4-2-3-9(10)12(18)19/h7-10H,2-6H2,1H3,(H,15,17)(H,18,19)(H2,14,16,20). The zero-order valence-electron chi connectivity index (χ0n) is 11.5. The maximum atomic E-state index is 11.8. The largest absolute Gasteiger partial charge is 0.481 e. The van der Waals surface area contributed by atoms with Crippen molar-refractivity contribution in [3.8, 4) is 0 Å². The summed E-state index contributed by atoms with van der Waals surface area (Å²) in [5.74, 6) is -1.62. The number of urea groups is 1. The minimum Gasteiger partial charge on any atom is -0.481 e. The average Bonchev–Trinajstić information content (AvgIpc) is 3.05. The first-order chi connectivity index (χ1) is 9.47. The average molecular weight is 283 g/mol. The summed E-state index contributed by atoms with van der Waals surface area (Å²) in [5.41, 5.74) is 0. The summed E-state index contributed by atoms with van der Waals surface area (Å²) >= 11 is 0. The molecule has 3 amide bonds. The van der Waals surface area contributed by atoms with Crippen LogP contribution in [0, 0.1) is 5.92 Å². The third-order valence-corrected chi connectivity index (χ3v) is 3.81. The molecule has 0 aromatic carbocycles. The van der Waals surface area contributed by atoms with Gasteiger partial charge in [-0.05, 0) is 32.6 Å². The molecule has 2 fully saturated rings. The van der Waals surface area contributed by atoms with Crippen LogP contribution >= 0.6 is 0 Å². The van der Waals surface area contributed by atoms with Crippen LogP contribution in [-0.2, 0) is 9.59 Å². The molecule has 20 heavy (non-hydrogen) atoms. The fourth-order valence-corrected chi connectivity index (χ4v) is 2.45. The second-order valence-corrected chi connectivity index (χ2v) is 5.60. The van der Waals surface area contributed by atoms with E-state index >= 15 is 0 Å². The number of hydrogen-bond acceptors (Lipinski definition) is 3. The zero-order chi connectivity index (χ0) is 14.7. The lowest BCUT2D eigenvalue weighted by Crippen LogP contribution is -2.52. The van der Waals surface area contributed by atoms with E-state index < -0.39 is 24.0 Å². The Kier molecular flexibility index (Phi) is 4.46. The number of hydrogen-bond donors (Lipinski definition) is 4. The highest BCUT2D eigenvalue weighted by Gasteiger charge is 2.34. The van der Waals surface area contributed by atoms with Crippen molar-refractivity contribution in [3.63, 3.8) is 0 Å². The van der Waals surface area contributed by atoms with Gasteiger partial charge < -0.3 is 21.1 Å². The van der Waals surface area contributed by atoms with Gasteiger partial charge in [0.15, 0.2) is 0 Å². The van der Waals surface area contributed by atoms with Crippen molar-refractivity contribution in [3.05, 3.63) is 0 Å². The molecule has 7 heteroatoms. The van der Waals surface area contributed by atoms with Gasteiger partial charge in [-0.1, -0.05) is 6.42 Å². The van der Waals surface area contributed by atoms with Crippen LogP contribution in [0.15, 0.2) is 0 Å². The highest BCUT2D eigenvalue weighted by Crippen LogP contribution is 2.25. The Morgan fingerprint density at radius 1 is 1.10 bits per heavy atom. The van der Waals surface area contributed by atoms with E-state index in [1.165, 1.54) is 0 Å². The molecular weight excluding hydrogens is 262 g/mol. The predicted molar refractivity (Wildman–Crippen MR) is 71.1 cm³/mol. The Balaban J connectivity index is 1.76. The molecule has 0 aromatic rings. The van der Waals surface area contributed by atoms with E-state index in [0.29, 0.717) is 12.8 Å². The molecule has 4 N–H and O–H groups in total. The third-order valence-electron chi connectivity index (χ3n) is 3.81. The third kappa shape index (κ3) is 3.85. The van der Waals surface area contributed by atoms with E-state index in [-0.39, 0.29) is 18.0 Å². The summed E-state index contributed by atoms with van der Waals surface area (Å²) in [4.78, 5) is 34.5. The van der Waals surface area contributed by atoms with Crippen molar-refractivity contribution < 1.29 is 19.5 Å². The van der Waals surface area contributed by atoms with E-state index in [1.54, 1.807) is 6.92 Å². The van der Waals surface area contributed by atoms with Crippen molar-refractivity contribution in [2.75, 3.05) is 0 Å². The van der Waals surface area contributed by atoms with Gasteiger partial charge in [0.2, 0.25) is 5.91 Å². The predicted octanol–water partition coefficient (Wildman–Crippen LogP) is 0.206. The molecule has 0 bridgehead atoms. The Morgan fingerprint density at radius 3 is 2.40 bits per heavy atom. The van der Waals surface area contributed by atoms with Crippen molar-refractivity contribution in [1.29, 1.82) is 0 Å². The van der Waals surface area contributed by atoms with Gasteiger partial charge in [0.25, 0.3) is 0 Å². The highest BCUT2D eigenvalue weighted by atomic mass is 16.4. The van der Waals surface area contributed by atoms with Crippen LogP contribution in [0.3, 0.4) is 0 Å². The molecule has 3 atom stereocenters. The molecule has 2 rings (SSSR count).